The predicted octanol–water partition coefficient (Wildman–Crippen LogP) is 1.45. The molecule has 1 rings (SSSR count). The Balaban J connectivity index is 0.000000810. The van der Waals surface area contributed by atoms with Crippen LogP contribution in [0.25, 0.3) is 0 Å². The van der Waals surface area contributed by atoms with Crippen LogP contribution in [0.3, 0.4) is 0 Å². The van der Waals surface area contributed by atoms with Gasteiger partial charge in [0.05, 0.1) is 0 Å². The molecule has 1 aromatic carbocycles. The molecule has 1 radical (unpaired) electrons. The molecule has 0 nitrogen and oxygen atoms in total. The van der Waals surface area contributed by atoms with Crippen molar-refractivity contribution in [2.24, 2.45) is 0 Å². The minimum Gasteiger partial charge on any atom is -0.0878 e. The molecule has 0 amide bonds. The van der Waals surface area contributed by atoms with Crippen LogP contribution in [-0.2, 0) is 21.1 Å². The molecule has 0 aromatic heterocycles. The molecular formula is C8H10BW. The molecule has 1 aromatic rings. The first kappa shape index (κ1) is 9.97. The van der Waals surface area contributed by atoms with Gasteiger partial charge in [-0.2, -0.15) is 0 Å². The first-order valence-corrected chi connectivity index (χ1v) is 3.31. The van der Waals surface area contributed by atoms with Gasteiger partial charge in [0.1, 0.15) is 0 Å². The normalized spacial score (nSPS) is 8.10. The average molecular weight is 301 g/mol. The van der Waals surface area contributed by atoms with Crippen molar-refractivity contribution in [3.8, 4) is 0 Å². The summed E-state index contributed by atoms with van der Waals surface area (Å²) in [7, 11) is 2.21. The van der Waals surface area contributed by atoms with Crippen LogP contribution >= 0.6 is 0 Å². The van der Waals surface area contributed by atoms with Crippen LogP contribution in [-0.4, -0.2) is 7.28 Å². The van der Waals surface area contributed by atoms with Gasteiger partial charge in [0.15, 0.2) is 7.28 Å². The first-order valence-electron chi connectivity index (χ1n) is 3.31. The topological polar surface area (TPSA) is 0 Å². The molecule has 0 spiro atoms. The van der Waals surface area contributed by atoms with E-state index in [0.717, 1.165) is 6.32 Å². The minimum atomic E-state index is 0. The number of hydrogen-bond acceptors (Lipinski definition) is 0. The third-order valence-corrected chi connectivity index (χ3v) is 1.24. The van der Waals surface area contributed by atoms with Crippen LogP contribution in [0.4, 0.5) is 0 Å². The Kier molecular flexibility index (Phi) is 5.72. The van der Waals surface area contributed by atoms with E-state index in [2.05, 4.69) is 38.5 Å². The number of hydrogen-bond donors (Lipinski definition) is 0. The molecule has 2 heteroatoms. The van der Waals surface area contributed by atoms with E-state index in [0.29, 0.717) is 0 Å². The zero-order valence-electron chi connectivity index (χ0n) is 6.08. The Morgan fingerprint density at radius 1 is 1.20 bits per heavy atom. The van der Waals surface area contributed by atoms with Gasteiger partial charge in [0.2, 0.25) is 0 Å². The Morgan fingerprint density at radius 2 is 1.80 bits per heavy atom. The second-order valence-electron chi connectivity index (χ2n) is 2.02. The molecule has 0 saturated carbocycles. The molecule has 0 aliphatic carbocycles. The van der Waals surface area contributed by atoms with Gasteiger partial charge in [-0.25, -0.2) is 0 Å². The zero-order chi connectivity index (χ0) is 6.53. The van der Waals surface area contributed by atoms with Gasteiger partial charge in [0, 0.05) is 21.1 Å². The molecule has 0 heterocycles. The van der Waals surface area contributed by atoms with Crippen molar-refractivity contribution in [2.45, 2.75) is 13.2 Å². The van der Waals surface area contributed by atoms with E-state index in [1.54, 1.807) is 0 Å². The monoisotopic (exact) mass is 301 g/mol. The van der Waals surface area contributed by atoms with Crippen LogP contribution in [0.5, 0.6) is 0 Å². The van der Waals surface area contributed by atoms with Crippen LogP contribution in [0.2, 0.25) is 6.32 Å². The standard InChI is InChI=1S/C8H10B.W/c1-2-9-8-6-4-3-5-7-8;/h3-7H,2H2,1H3;. The summed E-state index contributed by atoms with van der Waals surface area (Å²) in [6, 6.07) is 10.4. The van der Waals surface area contributed by atoms with E-state index in [1.807, 2.05) is 6.07 Å². The maximum atomic E-state index is 2.21. The van der Waals surface area contributed by atoms with E-state index in [4.69, 9.17) is 0 Å². The van der Waals surface area contributed by atoms with Gasteiger partial charge >= 0.3 is 0 Å². The smallest absolute Gasteiger partial charge is 0.0878 e. The fourth-order valence-corrected chi connectivity index (χ4v) is 0.825. The van der Waals surface area contributed by atoms with Crippen molar-refractivity contribution in [3.63, 3.8) is 0 Å². The van der Waals surface area contributed by atoms with Crippen molar-refractivity contribution in [3.05, 3.63) is 30.3 Å². The fourth-order valence-electron chi connectivity index (χ4n) is 0.825. The third-order valence-electron chi connectivity index (χ3n) is 1.24. The summed E-state index contributed by atoms with van der Waals surface area (Å²) < 4.78 is 0. The fraction of sp³-hybridized carbons (Fsp3) is 0.250. The van der Waals surface area contributed by atoms with Gasteiger partial charge < -0.3 is 0 Å². The summed E-state index contributed by atoms with van der Waals surface area (Å²) in [6.45, 7) is 2.15. The Hall–Kier alpha value is -0.0268. The third kappa shape index (κ3) is 3.22. The van der Waals surface area contributed by atoms with E-state index in [-0.39, 0.29) is 21.1 Å². The SMILES string of the molecule is CC[B]c1ccccc1.[W]. The van der Waals surface area contributed by atoms with Gasteiger partial charge in [-0.1, -0.05) is 49.0 Å². The second-order valence-corrected chi connectivity index (χ2v) is 2.02. The largest absolute Gasteiger partial charge is 0.151 e. The zero-order valence-corrected chi connectivity index (χ0v) is 9.01. The van der Waals surface area contributed by atoms with Crippen molar-refractivity contribution in [1.82, 2.24) is 0 Å². The summed E-state index contributed by atoms with van der Waals surface area (Å²) in [5, 5.41) is 0. The molecule has 0 atom stereocenters. The number of rotatable bonds is 2. The van der Waals surface area contributed by atoms with E-state index >= 15 is 0 Å². The molecule has 10 heavy (non-hydrogen) atoms. The summed E-state index contributed by atoms with van der Waals surface area (Å²) in [4.78, 5) is 0. The van der Waals surface area contributed by atoms with Crippen molar-refractivity contribution < 1.29 is 21.1 Å². The first-order chi connectivity index (χ1) is 4.43. The number of benzene rings is 1. The molecule has 0 N–H and O–H groups in total. The maximum Gasteiger partial charge on any atom is 0.151 e. The van der Waals surface area contributed by atoms with E-state index in [1.165, 1.54) is 5.46 Å². The van der Waals surface area contributed by atoms with Gasteiger partial charge in [-0.3, -0.25) is 0 Å². The Bertz CT molecular complexity index is 162. The molecule has 51 valence electrons. The minimum absolute atomic E-state index is 0. The maximum absolute atomic E-state index is 2.21. The van der Waals surface area contributed by atoms with Gasteiger partial charge in [-0.15, -0.1) is 0 Å². The Morgan fingerprint density at radius 3 is 2.30 bits per heavy atom. The van der Waals surface area contributed by atoms with Crippen molar-refractivity contribution in [1.29, 1.82) is 0 Å². The van der Waals surface area contributed by atoms with Crippen LogP contribution in [0, 0.1) is 0 Å². The molecule has 0 unspecified atom stereocenters. The average Bonchev–Trinajstić information content (AvgIpc) is 1.91. The second kappa shape index (κ2) is 5.74. The quantitative estimate of drug-likeness (QED) is 0.725. The van der Waals surface area contributed by atoms with E-state index < -0.39 is 0 Å². The summed E-state index contributed by atoms with van der Waals surface area (Å²) in [5.74, 6) is 0. The molecule has 0 aliphatic rings. The molecule has 0 bridgehead atoms. The van der Waals surface area contributed by atoms with Crippen LogP contribution < -0.4 is 5.46 Å². The summed E-state index contributed by atoms with van der Waals surface area (Å²) in [5.41, 5.74) is 1.32. The van der Waals surface area contributed by atoms with Gasteiger partial charge in [0.25, 0.3) is 0 Å². The Labute approximate surface area is 77.5 Å². The molecular weight excluding hydrogens is 291 g/mol. The van der Waals surface area contributed by atoms with Crippen molar-refractivity contribution in [2.75, 3.05) is 0 Å². The predicted molar refractivity (Wildman–Crippen MR) is 42.3 cm³/mol. The van der Waals surface area contributed by atoms with Crippen LogP contribution in [0.15, 0.2) is 30.3 Å². The van der Waals surface area contributed by atoms with Crippen molar-refractivity contribution >= 4 is 12.7 Å². The molecule has 0 fully saturated rings. The summed E-state index contributed by atoms with van der Waals surface area (Å²) >= 11 is 0. The van der Waals surface area contributed by atoms with E-state index in [9.17, 15) is 0 Å². The summed E-state index contributed by atoms with van der Waals surface area (Å²) in [6.07, 6.45) is 1.12. The molecule has 0 aliphatic heterocycles. The van der Waals surface area contributed by atoms with Crippen LogP contribution in [0.1, 0.15) is 6.92 Å². The molecule has 0 saturated heterocycles. The van der Waals surface area contributed by atoms with Gasteiger partial charge in [-0.05, 0) is 0 Å².